The Kier molecular flexibility index (Phi) is 8.55. The van der Waals surface area contributed by atoms with Gasteiger partial charge in [0.1, 0.15) is 5.82 Å². The first kappa shape index (κ1) is 30.2. The molecule has 46 heavy (non-hydrogen) atoms. The van der Waals surface area contributed by atoms with Crippen LogP contribution in [0.2, 0.25) is 0 Å². The van der Waals surface area contributed by atoms with Gasteiger partial charge in [0.05, 0.1) is 16.6 Å². The Balaban J connectivity index is 1.04. The quantitative estimate of drug-likeness (QED) is 0.241. The van der Waals surface area contributed by atoms with Gasteiger partial charge in [-0.3, -0.25) is 14.4 Å². The number of urea groups is 1. The van der Waals surface area contributed by atoms with Gasteiger partial charge in [0.25, 0.3) is 17.4 Å². The number of halogens is 1. The largest absolute Gasteiger partial charge is 0.335 e. The van der Waals surface area contributed by atoms with E-state index in [1.165, 1.54) is 17.0 Å². The molecular formula is C35H31FN6O4. The number of hydrogen-bond acceptors (Lipinski definition) is 5. The van der Waals surface area contributed by atoms with Gasteiger partial charge < -0.3 is 20.4 Å². The number of fused-ring (bicyclic) bond motifs is 1. The lowest BCUT2D eigenvalue weighted by molar-refractivity contribution is 0.0667. The molecule has 1 aromatic heterocycles. The van der Waals surface area contributed by atoms with E-state index in [-0.39, 0.29) is 49.2 Å². The van der Waals surface area contributed by atoms with Gasteiger partial charge in [-0.05, 0) is 72.6 Å². The van der Waals surface area contributed by atoms with Crippen LogP contribution in [0.15, 0.2) is 95.8 Å². The van der Waals surface area contributed by atoms with Gasteiger partial charge in [0, 0.05) is 54.9 Å². The molecule has 5 aromatic rings. The lowest BCUT2D eigenvalue weighted by Gasteiger charge is -2.34. The smallest absolute Gasteiger partial charge is 0.321 e. The molecule has 1 aliphatic heterocycles. The van der Waals surface area contributed by atoms with E-state index in [1.54, 1.807) is 53.4 Å². The summed E-state index contributed by atoms with van der Waals surface area (Å²) < 4.78 is 14.9. The number of anilines is 2. The summed E-state index contributed by atoms with van der Waals surface area (Å²) >= 11 is 0. The minimum absolute atomic E-state index is 0.0596. The maximum absolute atomic E-state index is 14.9. The van der Waals surface area contributed by atoms with Crippen molar-refractivity contribution in [3.63, 3.8) is 0 Å². The number of benzene rings is 4. The Hall–Kier alpha value is -5.84. The van der Waals surface area contributed by atoms with Gasteiger partial charge in [-0.1, -0.05) is 36.4 Å². The minimum atomic E-state index is -0.635. The number of piperazine rings is 1. The first-order chi connectivity index (χ1) is 22.2. The predicted molar refractivity (Wildman–Crippen MR) is 174 cm³/mol. The summed E-state index contributed by atoms with van der Waals surface area (Å²) in [6, 6.07) is 25.2. The standard InChI is InChI=1S/C35H31FN6O4/c1-22-5-4-6-26(19-22)37-32(43)24-10-12-25(13-11-24)38-35(46)42-17-15-41(16-18-42)34(45)29-20-23(9-14-30(29)36)21-31-27-7-2-3-8-28(27)33(44)40-39-31/h2-14,19-20H,15-18,21H2,1H3,(H,37,43)(H,38,46)(H,40,44). The van der Waals surface area contributed by atoms with Crippen molar-refractivity contribution < 1.29 is 18.8 Å². The summed E-state index contributed by atoms with van der Waals surface area (Å²) in [5.41, 5.74) is 3.64. The van der Waals surface area contributed by atoms with Crippen molar-refractivity contribution in [2.24, 2.45) is 0 Å². The first-order valence-corrected chi connectivity index (χ1v) is 14.8. The number of amides is 4. The van der Waals surface area contributed by atoms with Gasteiger partial charge in [0.2, 0.25) is 0 Å². The molecule has 1 saturated heterocycles. The van der Waals surface area contributed by atoms with Crippen LogP contribution in [0.25, 0.3) is 10.8 Å². The molecule has 0 spiro atoms. The summed E-state index contributed by atoms with van der Waals surface area (Å²) in [5, 5.41) is 13.6. The zero-order valence-electron chi connectivity index (χ0n) is 25.0. The van der Waals surface area contributed by atoms with Gasteiger partial charge in [-0.2, -0.15) is 5.10 Å². The van der Waals surface area contributed by atoms with Crippen molar-refractivity contribution in [1.29, 1.82) is 0 Å². The SMILES string of the molecule is Cc1cccc(NC(=O)c2ccc(NC(=O)N3CCN(C(=O)c4cc(Cc5n[nH]c(=O)c6ccccc56)ccc4F)CC3)cc2)c1. The van der Waals surface area contributed by atoms with Crippen molar-refractivity contribution >= 4 is 40.0 Å². The second-order valence-electron chi connectivity index (χ2n) is 11.1. The Morgan fingerprint density at radius 3 is 2.26 bits per heavy atom. The number of H-pyrrole nitrogens is 1. The van der Waals surface area contributed by atoms with Crippen molar-refractivity contribution in [2.45, 2.75) is 13.3 Å². The van der Waals surface area contributed by atoms with Crippen molar-refractivity contribution in [3.8, 4) is 0 Å². The Labute approximate surface area is 263 Å². The summed E-state index contributed by atoms with van der Waals surface area (Å²) in [5.74, 6) is -1.35. The molecule has 0 atom stereocenters. The fourth-order valence-electron chi connectivity index (χ4n) is 5.46. The summed E-state index contributed by atoms with van der Waals surface area (Å²) in [6.45, 7) is 2.95. The van der Waals surface area contributed by atoms with Crippen LogP contribution in [0.1, 0.15) is 37.5 Å². The summed E-state index contributed by atoms with van der Waals surface area (Å²) in [6.07, 6.45) is 0.296. The van der Waals surface area contributed by atoms with E-state index in [0.717, 1.165) is 5.56 Å². The number of carbonyl (C=O) groups excluding carboxylic acids is 3. The molecule has 11 heteroatoms. The monoisotopic (exact) mass is 618 g/mol. The third-order valence-corrected chi connectivity index (χ3v) is 7.94. The fourth-order valence-corrected chi connectivity index (χ4v) is 5.46. The van der Waals surface area contributed by atoms with E-state index in [0.29, 0.717) is 45.4 Å². The van der Waals surface area contributed by atoms with Crippen molar-refractivity contribution in [3.05, 3.63) is 135 Å². The van der Waals surface area contributed by atoms with E-state index in [4.69, 9.17) is 0 Å². The van der Waals surface area contributed by atoms with Crippen LogP contribution in [-0.4, -0.2) is 64.0 Å². The first-order valence-electron chi connectivity index (χ1n) is 14.8. The number of rotatable bonds is 6. The van der Waals surface area contributed by atoms with Crippen molar-refractivity contribution in [2.75, 3.05) is 36.8 Å². The minimum Gasteiger partial charge on any atom is -0.335 e. The third kappa shape index (κ3) is 6.63. The van der Waals surface area contributed by atoms with Crippen LogP contribution >= 0.6 is 0 Å². The Morgan fingerprint density at radius 1 is 0.804 bits per heavy atom. The number of hydrogen-bond donors (Lipinski definition) is 3. The van der Waals surface area contributed by atoms with E-state index in [9.17, 15) is 23.6 Å². The molecule has 232 valence electrons. The zero-order chi connectivity index (χ0) is 32.2. The number of aromatic amines is 1. The molecule has 4 aromatic carbocycles. The van der Waals surface area contributed by atoms with E-state index >= 15 is 0 Å². The maximum atomic E-state index is 14.9. The zero-order valence-corrected chi connectivity index (χ0v) is 25.0. The van der Waals surface area contributed by atoms with E-state index in [1.807, 2.05) is 37.3 Å². The van der Waals surface area contributed by atoms with E-state index in [2.05, 4.69) is 20.8 Å². The molecule has 2 heterocycles. The number of aromatic nitrogens is 2. The number of carbonyl (C=O) groups is 3. The van der Waals surface area contributed by atoms with Crippen LogP contribution in [0.4, 0.5) is 20.6 Å². The van der Waals surface area contributed by atoms with Crippen molar-refractivity contribution in [1.82, 2.24) is 20.0 Å². The van der Waals surface area contributed by atoms with Crippen LogP contribution in [-0.2, 0) is 6.42 Å². The Bertz CT molecular complexity index is 2000. The molecule has 0 bridgehead atoms. The molecule has 0 saturated carbocycles. The van der Waals surface area contributed by atoms with E-state index < -0.39 is 11.7 Å². The fraction of sp³-hybridized carbons (Fsp3) is 0.171. The van der Waals surface area contributed by atoms with Gasteiger partial charge in [-0.15, -0.1) is 0 Å². The van der Waals surface area contributed by atoms with Crippen LogP contribution < -0.4 is 16.2 Å². The highest BCUT2D eigenvalue weighted by atomic mass is 19.1. The molecule has 10 nitrogen and oxygen atoms in total. The molecular weight excluding hydrogens is 587 g/mol. The van der Waals surface area contributed by atoms with Gasteiger partial charge in [-0.25, -0.2) is 14.3 Å². The molecule has 1 fully saturated rings. The predicted octanol–water partition coefficient (Wildman–Crippen LogP) is 5.20. The molecule has 3 N–H and O–H groups in total. The number of aryl methyl sites for hydroxylation is 1. The topological polar surface area (TPSA) is 128 Å². The van der Waals surface area contributed by atoms with Gasteiger partial charge in [0.15, 0.2) is 0 Å². The maximum Gasteiger partial charge on any atom is 0.321 e. The highest BCUT2D eigenvalue weighted by Gasteiger charge is 2.27. The highest BCUT2D eigenvalue weighted by molar-refractivity contribution is 6.04. The van der Waals surface area contributed by atoms with Gasteiger partial charge >= 0.3 is 6.03 Å². The molecule has 6 rings (SSSR count). The normalized spacial score (nSPS) is 13.0. The molecule has 0 unspecified atom stereocenters. The molecule has 1 aliphatic rings. The van der Waals surface area contributed by atoms with Crippen LogP contribution in [0.3, 0.4) is 0 Å². The second-order valence-corrected chi connectivity index (χ2v) is 11.1. The average Bonchev–Trinajstić information content (AvgIpc) is 3.07. The Morgan fingerprint density at radius 2 is 1.52 bits per heavy atom. The molecule has 4 amide bonds. The highest BCUT2D eigenvalue weighted by Crippen LogP contribution is 2.21. The molecule has 0 aliphatic carbocycles. The third-order valence-electron chi connectivity index (χ3n) is 7.94. The molecule has 0 radical (unpaired) electrons. The summed E-state index contributed by atoms with van der Waals surface area (Å²) in [4.78, 5) is 54.1. The van der Waals surface area contributed by atoms with Crippen LogP contribution in [0, 0.1) is 12.7 Å². The number of nitrogens with one attached hydrogen (secondary N) is 3. The van der Waals surface area contributed by atoms with Crippen LogP contribution in [0.5, 0.6) is 0 Å². The number of nitrogens with zero attached hydrogens (tertiary/aromatic N) is 3. The lowest BCUT2D eigenvalue weighted by Crippen LogP contribution is -2.51. The summed E-state index contributed by atoms with van der Waals surface area (Å²) in [7, 11) is 0. The average molecular weight is 619 g/mol. The lowest BCUT2D eigenvalue weighted by atomic mass is 10.0. The second kappa shape index (κ2) is 13.0.